The molecule has 0 fully saturated rings. The molecule has 3 aromatic heterocycles. The smallest absolute Gasteiger partial charge is 0.355 e. The maximum absolute atomic E-state index is 12.9. The average molecular weight is 459 g/mol. The van der Waals surface area contributed by atoms with Gasteiger partial charge in [0.25, 0.3) is 0 Å². The number of anilines is 1. The Morgan fingerprint density at radius 3 is 2.94 bits per heavy atom. The van der Waals surface area contributed by atoms with Crippen molar-refractivity contribution in [3.63, 3.8) is 0 Å². The van der Waals surface area contributed by atoms with E-state index in [1.165, 1.54) is 15.7 Å². The Morgan fingerprint density at radius 1 is 1.35 bits per heavy atom. The summed E-state index contributed by atoms with van der Waals surface area (Å²) in [6.45, 7) is 5.61. The monoisotopic (exact) mass is 458 g/mol. The van der Waals surface area contributed by atoms with Gasteiger partial charge in [0.15, 0.2) is 5.16 Å². The maximum Gasteiger partial charge on any atom is 0.355 e. The molecule has 3 aromatic rings. The fourth-order valence-electron chi connectivity index (χ4n) is 3.55. The van der Waals surface area contributed by atoms with Crippen molar-refractivity contribution in [1.29, 1.82) is 0 Å². The standard InChI is InChI=1S/C21H22N4O4S2/c1-4-29-19(27)15-13-8-5-9-14(13)31-18(15)23-17(26)12(3)30-20-22-16-11(2)7-6-10-25(16)21(28)24-20/h6-7,10,12H,4-5,8-9H2,1-3H3,(H,23,26)/t12-/m1/s1. The van der Waals surface area contributed by atoms with Crippen molar-refractivity contribution in [2.75, 3.05) is 11.9 Å². The van der Waals surface area contributed by atoms with E-state index in [4.69, 9.17) is 4.74 Å². The van der Waals surface area contributed by atoms with E-state index in [-0.39, 0.29) is 17.7 Å². The first-order valence-electron chi connectivity index (χ1n) is 10.0. The van der Waals surface area contributed by atoms with E-state index < -0.39 is 16.9 Å². The summed E-state index contributed by atoms with van der Waals surface area (Å²) >= 11 is 2.54. The predicted octanol–water partition coefficient (Wildman–Crippen LogP) is 3.24. The molecule has 0 unspecified atom stereocenters. The number of thiophene rings is 1. The average Bonchev–Trinajstić information content (AvgIpc) is 3.29. The molecule has 0 bridgehead atoms. The van der Waals surface area contributed by atoms with E-state index in [1.807, 2.05) is 13.0 Å². The van der Waals surface area contributed by atoms with Crippen LogP contribution in [0.4, 0.5) is 5.00 Å². The van der Waals surface area contributed by atoms with Crippen LogP contribution >= 0.6 is 23.1 Å². The second kappa shape index (κ2) is 8.80. The van der Waals surface area contributed by atoms with Gasteiger partial charge in [0, 0.05) is 11.1 Å². The molecule has 31 heavy (non-hydrogen) atoms. The van der Waals surface area contributed by atoms with Crippen LogP contribution in [0, 0.1) is 6.92 Å². The number of hydrogen-bond acceptors (Lipinski definition) is 8. The third-order valence-electron chi connectivity index (χ3n) is 5.05. The molecule has 1 amide bonds. The fraction of sp³-hybridized carbons (Fsp3) is 0.381. The lowest BCUT2D eigenvalue weighted by atomic mass is 10.1. The molecule has 8 nitrogen and oxygen atoms in total. The third-order valence-corrected chi connectivity index (χ3v) is 7.22. The Balaban J connectivity index is 1.55. The summed E-state index contributed by atoms with van der Waals surface area (Å²) in [5.41, 5.74) is 2.37. The molecule has 0 radical (unpaired) electrons. The molecule has 0 spiro atoms. The van der Waals surface area contributed by atoms with Crippen LogP contribution < -0.4 is 11.0 Å². The highest BCUT2D eigenvalue weighted by Crippen LogP contribution is 2.39. The lowest BCUT2D eigenvalue weighted by Crippen LogP contribution is -2.25. The second-order valence-corrected chi connectivity index (χ2v) is 9.62. The molecule has 4 rings (SSSR count). The minimum Gasteiger partial charge on any atom is -0.462 e. The summed E-state index contributed by atoms with van der Waals surface area (Å²) in [4.78, 5) is 47.2. The number of carbonyl (C=O) groups is 2. The Labute approximate surface area is 187 Å². The van der Waals surface area contributed by atoms with Crippen LogP contribution in [-0.2, 0) is 22.4 Å². The largest absolute Gasteiger partial charge is 0.462 e. The van der Waals surface area contributed by atoms with Gasteiger partial charge in [-0.05, 0) is 57.2 Å². The van der Waals surface area contributed by atoms with Crippen molar-refractivity contribution in [3.05, 3.63) is 50.4 Å². The molecule has 1 N–H and O–H groups in total. The van der Waals surface area contributed by atoms with Crippen LogP contribution in [0.5, 0.6) is 0 Å². The molecule has 3 heterocycles. The zero-order valence-corrected chi connectivity index (χ0v) is 19.1. The molecule has 1 aliphatic rings. The first kappa shape index (κ1) is 21.5. The number of rotatable bonds is 6. The number of aryl methyl sites for hydroxylation is 2. The summed E-state index contributed by atoms with van der Waals surface area (Å²) < 4.78 is 6.59. The molecule has 162 valence electrons. The molecule has 1 aliphatic carbocycles. The van der Waals surface area contributed by atoms with Gasteiger partial charge >= 0.3 is 11.7 Å². The van der Waals surface area contributed by atoms with Crippen molar-refractivity contribution in [2.24, 2.45) is 0 Å². The van der Waals surface area contributed by atoms with Crippen LogP contribution in [0.25, 0.3) is 5.65 Å². The van der Waals surface area contributed by atoms with Crippen LogP contribution in [0.15, 0.2) is 28.3 Å². The summed E-state index contributed by atoms with van der Waals surface area (Å²) in [5, 5.41) is 3.07. The lowest BCUT2D eigenvalue weighted by molar-refractivity contribution is -0.115. The number of nitrogens with one attached hydrogen (secondary N) is 1. The number of ether oxygens (including phenoxy) is 1. The van der Waals surface area contributed by atoms with E-state index >= 15 is 0 Å². The van der Waals surface area contributed by atoms with Crippen molar-refractivity contribution < 1.29 is 14.3 Å². The number of esters is 1. The van der Waals surface area contributed by atoms with E-state index in [0.717, 1.165) is 47.0 Å². The van der Waals surface area contributed by atoms with Gasteiger partial charge in [-0.25, -0.2) is 14.6 Å². The number of aromatic nitrogens is 3. The van der Waals surface area contributed by atoms with Crippen LogP contribution in [0.2, 0.25) is 0 Å². The third kappa shape index (κ3) is 4.22. The Morgan fingerprint density at radius 2 is 2.16 bits per heavy atom. The van der Waals surface area contributed by atoms with Gasteiger partial charge in [-0.15, -0.1) is 11.3 Å². The molecule has 10 heteroatoms. The van der Waals surface area contributed by atoms with Gasteiger partial charge in [-0.3, -0.25) is 9.20 Å². The lowest BCUT2D eigenvalue weighted by Gasteiger charge is -2.12. The molecule has 0 aliphatic heterocycles. The molecule has 0 aromatic carbocycles. The highest BCUT2D eigenvalue weighted by molar-refractivity contribution is 8.00. The predicted molar refractivity (Wildman–Crippen MR) is 120 cm³/mol. The Kier molecular flexibility index (Phi) is 6.10. The van der Waals surface area contributed by atoms with Gasteiger partial charge in [-0.1, -0.05) is 17.8 Å². The van der Waals surface area contributed by atoms with Crippen molar-refractivity contribution in [3.8, 4) is 0 Å². The van der Waals surface area contributed by atoms with Gasteiger partial charge in [0.05, 0.1) is 17.4 Å². The van der Waals surface area contributed by atoms with Gasteiger partial charge in [-0.2, -0.15) is 4.98 Å². The van der Waals surface area contributed by atoms with Gasteiger partial charge in [0.1, 0.15) is 10.6 Å². The highest BCUT2D eigenvalue weighted by atomic mass is 32.2. The van der Waals surface area contributed by atoms with Gasteiger partial charge in [0.2, 0.25) is 5.91 Å². The normalized spacial score (nSPS) is 13.8. The van der Waals surface area contributed by atoms with Gasteiger partial charge < -0.3 is 10.1 Å². The number of hydrogen-bond donors (Lipinski definition) is 1. The van der Waals surface area contributed by atoms with Crippen molar-refractivity contribution >= 4 is 45.6 Å². The zero-order chi connectivity index (χ0) is 22.1. The van der Waals surface area contributed by atoms with Crippen molar-refractivity contribution in [2.45, 2.75) is 50.4 Å². The molecule has 0 saturated heterocycles. The number of carbonyl (C=O) groups excluding carboxylic acids is 2. The fourth-order valence-corrected chi connectivity index (χ4v) is 5.58. The number of nitrogens with zero attached hydrogens (tertiary/aromatic N) is 3. The Bertz CT molecular complexity index is 1230. The van der Waals surface area contributed by atoms with Crippen molar-refractivity contribution in [1.82, 2.24) is 14.4 Å². The zero-order valence-electron chi connectivity index (χ0n) is 17.4. The topological polar surface area (TPSA) is 103 Å². The highest BCUT2D eigenvalue weighted by Gasteiger charge is 2.29. The van der Waals surface area contributed by atoms with Crippen LogP contribution in [0.1, 0.15) is 46.6 Å². The molecular weight excluding hydrogens is 436 g/mol. The number of thioether (sulfide) groups is 1. The molecular formula is C21H22N4O4S2. The maximum atomic E-state index is 12.9. The quantitative estimate of drug-likeness (QED) is 0.447. The number of amides is 1. The van der Waals surface area contributed by atoms with Crippen LogP contribution in [-0.4, -0.2) is 38.1 Å². The summed E-state index contributed by atoms with van der Waals surface area (Å²) in [7, 11) is 0. The number of fused-ring (bicyclic) bond motifs is 2. The van der Waals surface area contributed by atoms with E-state index in [0.29, 0.717) is 16.2 Å². The van der Waals surface area contributed by atoms with E-state index in [9.17, 15) is 14.4 Å². The van der Waals surface area contributed by atoms with E-state index in [1.54, 1.807) is 26.1 Å². The van der Waals surface area contributed by atoms with E-state index in [2.05, 4.69) is 15.3 Å². The Hall–Kier alpha value is -2.72. The summed E-state index contributed by atoms with van der Waals surface area (Å²) in [6, 6.07) is 3.62. The minimum atomic E-state index is -0.571. The SMILES string of the molecule is CCOC(=O)c1c(NC(=O)[C@@H](C)Sc2nc(=O)n3cccc(C)c3n2)sc2c1CCC2. The summed E-state index contributed by atoms with van der Waals surface area (Å²) in [5.74, 6) is -0.692. The van der Waals surface area contributed by atoms with Crippen LogP contribution in [0.3, 0.4) is 0 Å². The first-order valence-corrected chi connectivity index (χ1v) is 11.7. The molecule has 0 saturated carbocycles. The molecule has 1 atom stereocenters. The number of pyridine rings is 1. The summed E-state index contributed by atoms with van der Waals surface area (Å²) in [6.07, 6.45) is 4.33. The second-order valence-electron chi connectivity index (χ2n) is 7.20. The minimum absolute atomic E-state index is 0.237. The first-order chi connectivity index (χ1) is 14.9.